The van der Waals surface area contributed by atoms with Crippen LogP contribution in [0.5, 0.6) is 0 Å². The SMILES string of the molecule is C[C@H](CCC(=O)O)[C@H]1CC[C@H]2[C@@H]3[C@H](O)C[C@@H]4C[C@H](OCC(O)CN5CCN(CC(=O)O)CCN(CC(=O)O)CCN(CC(=O)O)CC5)CC[C@]4(C)[C@H]3C[C@H](O)[C@]12C. The van der Waals surface area contributed by atoms with E-state index in [1.807, 2.05) is 4.90 Å². The van der Waals surface area contributed by atoms with E-state index in [2.05, 4.69) is 20.8 Å². The van der Waals surface area contributed by atoms with Gasteiger partial charge in [-0.2, -0.15) is 0 Å². The van der Waals surface area contributed by atoms with Gasteiger partial charge in [0.15, 0.2) is 0 Å². The molecule has 5 fully saturated rings. The molecule has 7 N–H and O–H groups in total. The van der Waals surface area contributed by atoms with Crippen LogP contribution in [0.2, 0.25) is 0 Å². The molecule has 4 saturated carbocycles. The maximum atomic E-state index is 11.9. The van der Waals surface area contributed by atoms with Gasteiger partial charge in [0.2, 0.25) is 0 Å². The number of hydrogen-bond acceptors (Lipinski definition) is 12. The molecule has 57 heavy (non-hydrogen) atoms. The van der Waals surface area contributed by atoms with Crippen LogP contribution in [0.25, 0.3) is 0 Å². The fraction of sp³-hybridized carbons (Fsp3) is 0.902. The maximum Gasteiger partial charge on any atom is 0.317 e. The molecule has 0 aromatic heterocycles. The molecule has 1 saturated heterocycles. The van der Waals surface area contributed by atoms with Gasteiger partial charge in [0.25, 0.3) is 0 Å². The monoisotopic (exact) mass is 810 g/mol. The van der Waals surface area contributed by atoms with Crippen molar-refractivity contribution in [1.29, 1.82) is 0 Å². The van der Waals surface area contributed by atoms with E-state index in [1.54, 1.807) is 14.7 Å². The summed E-state index contributed by atoms with van der Waals surface area (Å²) in [7, 11) is 0. The summed E-state index contributed by atoms with van der Waals surface area (Å²) in [4.78, 5) is 53.3. The summed E-state index contributed by atoms with van der Waals surface area (Å²) in [5.41, 5.74) is -0.416. The van der Waals surface area contributed by atoms with E-state index in [0.717, 1.165) is 32.1 Å². The first-order valence-electron chi connectivity index (χ1n) is 21.3. The lowest BCUT2D eigenvalue weighted by molar-refractivity contribution is -0.210. The van der Waals surface area contributed by atoms with E-state index in [-0.39, 0.29) is 91.6 Å². The molecule has 0 radical (unpaired) electrons. The van der Waals surface area contributed by atoms with Crippen LogP contribution in [0.4, 0.5) is 0 Å². The zero-order chi connectivity index (χ0) is 41.7. The van der Waals surface area contributed by atoms with Crippen LogP contribution in [0.15, 0.2) is 0 Å². The summed E-state index contributed by atoms with van der Waals surface area (Å²) in [6.07, 6.45) is 4.43. The van der Waals surface area contributed by atoms with Crippen molar-refractivity contribution in [2.24, 2.45) is 46.3 Å². The van der Waals surface area contributed by atoms with Crippen LogP contribution in [0.1, 0.15) is 78.6 Å². The van der Waals surface area contributed by atoms with Crippen molar-refractivity contribution in [2.75, 3.05) is 85.1 Å². The van der Waals surface area contributed by atoms with Gasteiger partial charge in [-0.15, -0.1) is 0 Å². The number of carbonyl (C=O) groups is 4. The lowest BCUT2D eigenvalue weighted by atomic mass is 9.43. The molecule has 0 aromatic carbocycles. The number of fused-ring (bicyclic) bond motifs is 5. The van der Waals surface area contributed by atoms with E-state index in [9.17, 15) is 54.9 Å². The molecule has 12 atom stereocenters. The van der Waals surface area contributed by atoms with Gasteiger partial charge < -0.3 is 40.5 Å². The number of rotatable bonds is 15. The molecule has 326 valence electrons. The zero-order valence-electron chi connectivity index (χ0n) is 34.3. The van der Waals surface area contributed by atoms with Crippen molar-refractivity contribution in [3.05, 3.63) is 0 Å². The molecule has 16 nitrogen and oxygen atoms in total. The molecule has 0 spiro atoms. The van der Waals surface area contributed by atoms with Gasteiger partial charge >= 0.3 is 23.9 Å². The number of hydrogen-bond donors (Lipinski definition) is 7. The second-order valence-electron chi connectivity index (χ2n) is 18.7. The molecule has 1 unspecified atom stereocenters. The van der Waals surface area contributed by atoms with Crippen LogP contribution in [-0.4, -0.2) is 189 Å². The van der Waals surface area contributed by atoms with Crippen LogP contribution in [-0.2, 0) is 23.9 Å². The predicted molar refractivity (Wildman–Crippen MR) is 208 cm³/mol. The minimum absolute atomic E-state index is 0.0641. The number of aliphatic hydroxyl groups excluding tert-OH is 3. The summed E-state index contributed by atoms with van der Waals surface area (Å²) < 4.78 is 6.39. The summed E-state index contributed by atoms with van der Waals surface area (Å²) in [5, 5.41) is 72.8. The van der Waals surface area contributed by atoms with Crippen molar-refractivity contribution in [2.45, 2.75) is 103 Å². The molecule has 1 aliphatic heterocycles. The molecule has 0 bridgehead atoms. The van der Waals surface area contributed by atoms with Gasteiger partial charge in [-0.25, -0.2) is 0 Å². The Morgan fingerprint density at radius 3 is 1.74 bits per heavy atom. The average Bonchev–Trinajstić information content (AvgIpc) is 3.49. The second kappa shape index (κ2) is 19.7. The first-order chi connectivity index (χ1) is 26.9. The second-order valence-corrected chi connectivity index (χ2v) is 18.7. The highest BCUT2D eigenvalue weighted by atomic mass is 16.5. The fourth-order valence-electron chi connectivity index (χ4n) is 12.2. The van der Waals surface area contributed by atoms with E-state index in [0.29, 0.717) is 71.6 Å². The highest BCUT2D eigenvalue weighted by Crippen LogP contribution is 2.68. The number of carboxylic acids is 4. The fourth-order valence-corrected chi connectivity index (χ4v) is 12.2. The van der Waals surface area contributed by atoms with Gasteiger partial charge in [0.1, 0.15) is 0 Å². The van der Waals surface area contributed by atoms with Crippen molar-refractivity contribution in [3.8, 4) is 0 Å². The molecular formula is C41H70N4O12. The quantitative estimate of drug-likeness (QED) is 0.124. The smallest absolute Gasteiger partial charge is 0.317 e. The number of β-amino-alcohol motifs (C(OH)–C–C–N with tert-alkyl or cyclic N) is 1. The van der Waals surface area contributed by atoms with Crippen LogP contribution < -0.4 is 0 Å². The molecule has 0 aromatic rings. The van der Waals surface area contributed by atoms with Crippen LogP contribution >= 0.6 is 0 Å². The predicted octanol–water partition coefficient (Wildman–Crippen LogP) is 1.31. The summed E-state index contributed by atoms with van der Waals surface area (Å²) in [5.74, 6) is -2.73. The lowest BCUT2D eigenvalue weighted by Crippen LogP contribution is -2.62. The zero-order valence-corrected chi connectivity index (χ0v) is 34.3. The Morgan fingerprint density at radius 2 is 1.23 bits per heavy atom. The number of ether oxygens (including phenoxy) is 1. The Kier molecular flexibility index (Phi) is 15.8. The van der Waals surface area contributed by atoms with Gasteiger partial charge in [-0.1, -0.05) is 20.8 Å². The number of aliphatic carboxylic acids is 4. The third-order valence-corrected chi connectivity index (χ3v) is 15.3. The molecular weight excluding hydrogens is 740 g/mol. The number of nitrogens with zero attached hydrogens (tertiary/aromatic N) is 4. The number of carboxylic acid groups (broad SMARTS) is 4. The average molecular weight is 811 g/mol. The Labute approximate surface area is 337 Å². The molecule has 16 heteroatoms. The Hall–Kier alpha value is -2.44. The van der Waals surface area contributed by atoms with E-state index in [1.165, 1.54) is 0 Å². The highest BCUT2D eigenvalue weighted by Gasteiger charge is 2.65. The molecule has 1 heterocycles. The van der Waals surface area contributed by atoms with Gasteiger partial charge in [-0.05, 0) is 97.7 Å². The highest BCUT2D eigenvalue weighted by molar-refractivity contribution is 5.70. The van der Waals surface area contributed by atoms with Gasteiger partial charge in [0.05, 0.1) is 50.7 Å². The third kappa shape index (κ3) is 11.2. The standard InChI is InChI=1S/C41H70N4O12/c1-26(4-7-35(49)50)30-5-6-31-39-32(20-34(48)41(30,31)3)40(2)9-8-29(18-27(40)19-33(39)47)57-25-28(46)21-42-10-12-43(22-36(51)52)14-16-45(24-38(55)56)17-15-44(13-11-42)23-37(53)54/h26-34,39,46-48H,4-25H2,1-3H3,(H,49,50)(H,51,52)(H,53,54)(H,55,56)/t26-,27+,28?,29-,30-,31+,32+,33-,34+,39+,40+,41-/m1/s1. The van der Waals surface area contributed by atoms with Crippen molar-refractivity contribution in [3.63, 3.8) is 0 Å². The Bertz CT molecular complexity index is 1360. The summed E-state index contributed by atoms with van der Waals surface area (Å²) in [6, 6.07) is 0. The van der Waals surface area contributed by atoms with Crippen molar-refractivity contribution in [1.82, 2.24) is 19.6 Å². The third-order valence-electron chi connectivity index (χ3n) is 15.3. The number of aliphatic hydroxyl groups is 3. The first-order valence-corrected chi connectivity index (χ1v) is 21.3. The van der Waals surface area contributed by atoms with E-state index in [4.69, 9.17) is 4.74 Å². The molecule has 5 rings (SSSR count). The first kappa shape index (κ1) is 45.6. The topological polar surface area (TPSA) is 232 Å². The van der Waals surface area contributed by atoms with E-state index >= 15 is 0 Å². The van der Waals surface area contributed by atoms with Crippen LogP contribution in [0.3, 0.4) is 0 Å². The lowest BCUT2D eigenvalue weighted by Gasteiger charge is -2.63. The Balaban J connectivity index is 1.18. The summed E-state index contributed by atoms with van der Waals surface area (Å²) >= 11 is 0. The van der Waals surface area contributed by atoms with Gasteiger partial charge in [-0.3, -0.25) is 38.8 Å². The minimum atomic E-state index is -1.01. The van der Waals surface area contributed by atoms with Gasteiger partial charge in [0, 0.05) is 65.3 Å². The van der Waals surface area contributed by atoms with E-state index < -0.39 is 42.2 Å². The molecule has 5 aliphatic rings. The minimum Gasteiger partial charge on any atom is -0.481 e. The summed E-state index contributed by atoms with van der Waals surface area (Å²) in [6.45, 7) is 9.19. The van der Waals surface area contributed by atoms with Crippen molar-refractivity contribution < 1.29 is 59.7 Å². The Morgan fingerprint density at radius 1 is 0.702 bits per heavy atom. The normalized spacial score (nSPS) is 37.4. The largest absolute Gasteiger partial charge is 0.481 e. The maximum absolute atomic E-state index is 11.9. The van der Waals surface area contributed by atoms with Crippen LogP contribution in [0, 0.1) is 46.3 Å². The molecule has 0 amide bonds. The molecule has 4 aliphatic carbocycles. The van der Waals surface area contributed by atoms with Crippen molar-refractivity contribution >= 4 is 23.9 Å².